The molecule has 0 unspecified atom stereocenters. The summed E-state index contributed by atoms with van der Waals surface area (Å²) in [6.07, 6.45) is -11.2. The number of carbonyl (C=O) groups is 4. The Balaban J connectivity index is 5.30. The van der Waals surface area contributed by atoms with Crippen molar-refractivity contribution in [3.63, 3.8) is 0 Å². The van der Waals surface area contributed by atoms with Gasteiger partial charge in [-0.25, -0.2) is 19.2 Å². The Labute approximate surface area is 108 Å². The van der Waals surface area contributed by atoms with Crippen molar-refractivity contribution in [3.8, 4) is 0 Å². The van der Waals surface area contributed by atoms with Crippen LogP contribution in [-0.4, -0.2) is 56.5 Å². The molecule has 108 valence electrons. The molecule has 0 aromatic heterocycles. The molecule has 0 aliphatic rings. The summed E-state index contributed by atoms with van der Waals surface area (Å²) >= 11 is 3.26. The number of carboxylic acid groups (broad SMARTS) is 4. The molecule has 19 heavy (non-hydrogen) atoms. The van der Waals surface area contributed by atoms with Gasteiger partial charge in [0.2, 0.25) is 0 Å². The predicted molar refractivity (Wildman–Crippen MR) is 51.9 cm³/mol. The third-order valence-electron chi connectivity index (χ3n) is 1.18. The zero-order valence-corrected chi connectivity index (χ0v) is 9.47. The lowest BCUT2D eigenvalue weighted by molar-refractivity contribution is -0.244. The topological polar surface area (TPSA) is 186 Å². The Morgan fingerprint density at radius 1 is 0.789 bits per heavy atom. The van der Waals surface area contributed by atoms with Crippen molar-refractivity contribution >= 4 is 37.3 Å². The van der Waals surface area contributed by atoms with E-state index >= 15 is 0 Å². The van der Waals surface area contributed by atoms with Crippen LogP contribution in [0.4, 0.5) is 19.2 Å². The zero-order chi connectivity index (χ0) is 15.2. The van der Waals surface area contributed by atoms with E-state index in [1.54, 1.807) is 0 Å². The molecule has 0 heterocycles. The highest BCUT2D eigenvalue weighted by molar-refractivity contribution is 7.81. The molecule has 0 aromatic carbocycles. The summed E-state index contributed by atoms with van der Waals surface area (Å²) in [6, 6.07) is 0. The fourth-order valence-corrected chi connectivity index (χ4v) is 0.985. The van der Waals surface area contributed by atoms with E-state index < -0.39 is 36.0 Å². The zero-order valence-electron chi connectivity index (χ0n) is 8.58. The number of thiol groups is 1. The van der Waals surface area contributed by atoms with E-state index in [9.17, 15) is 19.2 Å². The minimum Gasteiger partial charge on any atom is -0.450 e. The molecule has 0 radical (unpaired) electrons. The standard InChI is InChI=1S/C6H6O12S/c7-2(8)15-1(16-3(9)10)6(19,17-4(11)12)18-5(13)14/h1,19H,(H,7,8)(H,9,10)(H,11,12)(H,13,14). The molecule has 13 heteroatoms. The van der Waals surface area contributed by atoms with Crippen molar-refractivity contribution in [2.24, 2.45) is 0 Å². The fourth-order valence-electron chi connectivity index (χ4n) is 0.723. The van der Waals surface area contributed by atoms with Gasteiger partial charge in [0.1, 0.15) is 0 Å². The maximum atomic E-state index is 10.3. The number of hydrogen-bond acceptors (Lipinski definition) is 9. The van der Waals surface area contributed by atoms with Crippen molar-refractivity contribution in [2.45, 2.75) is 11.4 Å². The first-order valence-electron chi connectivity index (χ1n) is 3.92. The third kappa shape index (κ3) is 6.06. The highest BCUT2D eigenvalue weighted by Crippen LogP contribution is 2.27. The first-order chi connectivity index (χ1) is 8.56. The van der Waals surface area contributed by atoms with Crippen LogP contribution in [-0.2, 0) is 18.9 Å². The van der Waals surface area contributed by atoms with Gasteiger partial charge in [-0.15, -0.1) is 0 Å². The van der Waals surface area contributed by atoms with Crippen LogP contribution in [0, 0.1) is 0 Å². The van der Waals surface area contributed by atoms with Gasteiger partial charge < -0.3 is 39.4 Å². The van der Waals surface area contributed by atoms with Crippen molar-refractivity contribution < 1.29 is 58.6 Å². The Morgan fingerprint density at radius 3 is 1.32 bits per heavy atom. The largest absolute Gasteiger partial charge is 0.509 e. The molecule has 0 bridgehead atoms. The highest BCUT2D eigenvalue weighted by Gasteiger charge is 2.50. The summed E-state index contributed by atoms with van der Waals surface area (Å²) in [5.74, 6) is 0. The fraction of sp³-hybridized carbons (Fsp3) is 0.333. The van der Waals surface area contributed by atoms with E-state index in [0.717, 1.165) is 0 Å². The molecule has 0 saturated carbocycles. The molecule has 0 aromatic rings. The molecular weight excluding hydrogens is 296 g/mol. The molecule has 0 rings (SSSR count). The van der Waals surface area contributed by atoms with Crippen LogP contribution in [0.3, 0.4) is 0 Å². The third-order valence-corrected chi connectivity index (χ3v) is 1.57. The molecule has 12 nitrogen and oxygen atoms in total. The SMILES string of the molecule is O=C(O)OC(OC(=O)O)C(S)(OC(=O)O)OC(=O)O. The molecule has 0 amide bonds. The van der Waals surface area contributed by atoms with Crippen LogP contribution in [0.15, 0.2) is 0 Å². The predicted octanol–water partition coefficient (Wildman–Crippen LogP) is 0.674. The van der Waals surface area contributed by atoms with Gasteiger partial charge in [-0.2, -0.15) is 0 Å². The van der Waals surface area contributed by atoms with Gasteiger partial charge in [-0.05, 0) is 0 Å². The summed E-state index contributed by atoms with van der Waals surface area (Å²) < 4.78 is 15.2. The van der Waals surface area contributed by atoms with Gasteiger partial charge in [0, 0.05) is 0 Å². The average molecular weight is 302 g/mol. The number of ether oxygens (including phenoxy) is 4. The highest BCUT2D eigenvalue weighted by atomic mass is 32.1. The van der Waals surface area contributed by atoms with Crippen LogP contribution < -0.4 is 0 Å². The Morgan fingerprint density at radius 2 is 1.11 bits per heavy atom. The van der Waals surface area contributed by atoms with Crippen LogP contribution >= 0.6 is 12.6 Å². The minimum atomic E-state index is -3.19. The van der Waals surface area contributed by atoms with Gasteiger partial charge in [-0.3, -0.25) is 0 Å². The van der Waals surface area contributed by atoms with Crippen molar-refractivity contribution in [3.05, 3.63) is 0 Å². The van der Waals surface area contributed by atoms with Crippen LogP contribution in [0.2, 0.25) is 0 Å². The second-order valence-corrected chi connectivity index (χ2v) is 3.09. The lowest BCUT2D eigenvalue weighted by atomic mass is 10.6. The molecular formula is C6H6O12S. The molecule has 0 spiro atoms. The molecule has 0 atom stereocenters. The summed E-state index contributed by atoms with van der Waals surface area (Å²) in [5.41, 5.74) is 0. The van der Waals surface area contributed by atoms with E-state index in [2.05, 4.69) is 31.6 Å². The monoisotopic (exact) mass is 302 g/mol. The van der Waals surface area contributed by atoms with Crippen LogP contribution in [0.5, 0.6) is 0 Å². The van der Waals surface area contributed by atoms with Gasteiger partial charge in [-0.1, -0.05) is 12.6 Å². The second-order valence-electron chi connectivity index (χ2n) is 2.47. The van der Waals surface area contributed by atoms with E-state index in [1.807, 2.05) is 0 Å². The summed E-state index contributed by atoms with van der Waals surface area (Å²) in [6.45, 7) is 0. The Kier molecular flexibility index (Phi) is 5.52. The summed E-state index contributed by atoms with van der Waals surface area (Å²) in [5, 5.41) is 30.1. The first kappa shape index (κ1) is 16.4. The minimum absolute atomic E-state index is 2.13. The normalized spacial score (nSPS) is 10.4. The maximum Gasteiger partial charge on any atom is 0.509 e. The smallest absolute Gasteiger partial charge is 0.450 e. The van der Waals surface area contributed by atoms with Gasteiger partial charge in [0.05, 0.1) is 0 Å². The number of hydrogen-bond donors (Lipinski definition) is 5. The van der Waals surface area contributed by atoms with E-state index in [4.69, 9.17) is 20.4 Å². The van der Waals surface area contributed by atoms with Crippen LogP contribution in [0.25, 0.3) is 0 Å². The second kappa shape index (κ2) is 6.39. The van der Waals surface area contributed by atoms with E-state index in [-0.39, 0.29) is 0 Å². The van der Waals surface area contributed by atoms with Crippen molar-refractivity contribution in [2.75, 3.05) is 0 Å². The molecule has 0 fully saturated rings. The molecule has 4 N–H and O–H groups in total. The average Bonchev–Trinajstić information content (AvgIpc) is 2.11. The molecule has 0 aliphatic heterocycles. The van der Waals surface area contributed by atoms with Crippen molar-refractivity contribution in [1.29, 1.82) is 0 Å². The lowest BCUT2D eigenvalue weighted by Gasteiger charge is -2.29. The molecule has 0 aliphatic carbocycles. The lowest BCUT2D eigenvalue weighted by Crippen LogP contribution is -2.49. The van der Waals surface area contributed by atoms with Gasteiger partial charge in [0.25, 0.3) is 0 Å². The van der Waals surface area contributed by atoms with E-state index in [1.165, 1.54) is 0 Å². The van der Waals surface area contributed by atoms with Crippen molar-refractivity contribution in [1.82, 2.24) is 0 Å². The number of rotatable bonds is 5. The van der Waals surface area contributed by atoms with Crippen LogP contribution in [0.1, 0.15) is 0 Å². The Hall–Kier alpha value is -2.57. The summed E-state index contributed by atoms with van der Waals surface area (Å²) in [4.78, 5) is 41.2. The van der Waals surface area contributed by atoms with Gasteiger partial charge >= 0.3 is 36.0 Å². The first-order valence-corrected chi connectivity index (χ1v) is 4.37. The maximum absolute atomic E-state index is 10.3. The van der Waals surface area contributed by atoms with Gasteiger partial charge in [0.15, 0.2) is 0 Å². The molecule has 0 saturated heterocycles. The Bertz CT molecular complexity index is 358. The van der Waals surface area contributed by atoms with E-state index in [0.29, 0.717) is 0 Å². The quantitative estimate of drug-likeness (QED) is 0.272. The summed E-state index contributed by atoms with van der Waals surface area (Å²) in [7, 11) is 0.